The Labute approximate surface area is 148 Å². The Morgan fingerprint density at radius 1 is 0.760 bits per heavy atom. The molecule has 3 rings (SSSR count). The number of hydrogen-bond donors (Lipinski definition) is 2. The van der Waals surface area contributed by atoms with E-state index in [1.807, 2.05) is 72.8 Å². The quantitative estimate of drug-likeness (QED) is 0.652. The van der Waals surface area contributed by atoms with Gasteiger partial charge in [0.2, 0.25) is 0 Å². The van der Waals surface area contributed by atoms with Gasteiger partial charge in [0.1, 0.15) is 12.4 Å². The molecule has 0 aromatic heterocycles. The SMILES string of the molecule is O[C@H](CNCc1ccc(OCc2ccccc2)cc1)c1ccccc1. The van der Waals surface area contributed by atoms with Crippen LogP contribution in [0.2, 0.25) is 0 Å². The van der Waals surface area contributed by atoms with E-state index in [9.17, 15) is 5.11 Å². The van der Waals surface area contributed by atoms with E-state index < -0.39 is 6.10 Å². The molecule has 25 heavy (non-hydrogen) atoms. The number of aliphatic hydroxyl groups excluding tert-OH is 1. The number of benzene rings is 3. The maximum Gasteiger partial charge on any atom is 0.119 e. The molecule has 3 heteroatoms. The summed E-state index contributed by atoms with van der Waals surface area (Å²) in [7, 11) is 0. The van der Waals surface area contributed by atoms with Crippen LogP contribution in [0.1, 0.15) is 22.8 Å². The highest BCUT2D eigenvalue weighted by Crippen LogP contribution is 2.15. The first kappa shape index (κ1) is 17.2. The number of nitrogens with one attached hydrogen (secondary N) is 1. The van der Waals surface area contributed by atoms with Crippen molar-refractivity contribution < 1.29 is 9.84 Å². The zero-order valence-electron chi connectivity index (χ0n) is 14.1. The van der Waals surface area contributed by atoms with E-state index >= 15 is 0 Å². The zero-order valence-corrected chi connectivity index (χ0v) is 14.1. The zero-order chi connectivity index (χ0) is 17.3. The van der Waals surface area contributed by atoms with E-state index in [0.717, 1.165) is 22.4 Å². The van der Waals surface area contributed by atoms with Crippen LogP contribution in [0, 0.1) is 0 Å². The highest BCUT2D eigenvalue weighted by Gasteiger charge is 2.05. The van der Waals surface area contributed by atoms with Crippen LogP contribution in [-0.4, -0.2) is 11.7 Å². The lowest BCUT2D eigenvalue weighted by Crippen LogP contribution is -2.20. The molecule has 1 atom stereocenters. The predicted octanol–water partition coefficient (Wildman–Crippen LogP) is 4.09. The Morgan fingerprint density at radius 2 is 1.40 bits per heavy atom. The smallest absolute Gasteiger partial charge is 0.119 e. The highest BCUT2D eigenvalue weighted by atomic mass is 16.5. The summed E-state index contributed by atoms with van der Waals surface area (Å²) in [6.07, 6.45) is -0.491. The van der Waals surface area contributed by atoms with Crippen LogP contribution in [0.3, 0.4) is 0 Å². The molecule has 0 aliphatic carbocycles. The predicted molar refractivity (Wildman–Crippen MR) is 100 cm³/mol. The Hall–Kier alpha value is -2.62. The maximum atomic E-state index is 10.1. The molecule has 128 valence electrons. The van der Waals surface area contributed by atoms with Crippen molar-refractivity contribution in [2.45, 2.75) is 19.3 Å². The molecule has 0 amide bonds. The molecule has 3 aromatic carbocycles. The minimum atomic E-state index is -0.491. The molecule has 3 aromatic rings. The van der Waals surface area contributed by atoms with Crippen molar-refractivity contribution in [2.24, 2.45) is 0 Å². The van der Waals surface area contributed by atoms with Gasteiger partial charge < -0.3 is 15.2 Å². The fraction of sp³-hybridized carbons (Fsp3) is 0.182. The van der Waals surface area contributed by atoms with Crippen molar-refractivity contribution in [1.29, 1.82) is 0 Å². The van der Waals surface area contributed by atoms with Crippen molar-refractivity contribution in [3.63, 3.8) is 0 Å². The lowest BCUT2D eigenvalue weighted by Gasteiger charge is -2.12. The molecular formula is C22H23NO2. The molecule has 0 aliphatic heterocycles. The van der Waals surface area contributed by atoms with Gasteiger partial charge in [-0.15, -0.1) is 0 Å². The van der Waals surface area contributed by atoms with Gasteiger partial charge in [0.15, 0.2) is 0 Å². The first-order valence-electron chi connectivity index (χ1n) is 8.50. The van der Waals surface area contributed by atoms with Crippen LogP contribution in [0.25, 0.3) is 0 Å². The largest absolute Gasteiger partial charge is 0.489 e. The molecule has 0 fully saturated rings. The molecule has 0 heterocycles. The molecule has 0 aliphatic rings. The van der Waals surface area contributed by atoms with Gasteiger partial charge in [-0.25, -0.2) is 0 Å². The summed E-state index contributed by atoms with van der Waals surface area (Å²) in [4.78, 5) is 0. The van der Waals surface area contributed by atoms with E-state index in [-0.39, 0.29) is 0 Å². The molecule has 0 saturated carbocycles. The van der Waals surface area contributed by atoms with Gasteiger partial charge in [-0.1, -0.05) is 72.8 Å². The Morgan fingerprint density at radius 3 is 2.08 bits per heavy atom. The van der Waals surface area contributed by atoms with Crippen LogP contribution < -0.4 is 10.1 Å². The molecule has 2 N–H and O–H groups in total. The Balaban J connectivity index is 1.43. The molecule has 0 spiro atoms. The first-order chi connectivity index (χ1) is 12.3. The minimum Gasteiger partial charge on any atom is -0.489 e. The fourth-order valence-corrected chi connectivity index (χ4v) is 2.59. The van der Waals surface area contributed by atoms with E-state index in [2.05, 4.69) is 17.4 Å². The maximum absolute atomic E-state index is 10.1. The van der Waals surface area contributed by atoms with E-state index in [1.54, 1.807) is 0 Å². The average molecular weight is 333 g/mol. The average Bonchev–Trinajstić information content (AvgIpc) is 2.69. The second-order valence-electron chi connectivity index (χ2n) is 5.98. The van der Waals surface area contributed by atoms with Crippen molar-refractivity contribution in [3.05, 3.63) is 102 Å². The van der Waals surface area contributed by atoms with Gasteiger partial charge >= 0.3 is 0 Å². The van der Waals surface area contributed by atoms with Gasteiger partial charge in [0.05, 0.1) is 6.10 Å². The van der Waals surface area contributed by atoms with Crippen molar-refractivity contribution in [2.75, 3.05) is 6.54 Å². The van der Waals surface area contributed by atoms with Crippen molar-refractivity contribution in [3.8, 4) is 5.75 Å². The van der Waals surface area contributed by atoms with E-state index in [1.165, 1.54) is 0 Å². The normalized spacial score (nSPS) is 11.9. The Bertz CT molecular complexity index is 742. The molecule has 0 bridgehead atoms. The van der Waals surface area contributed by atoms with Crippen molar-refractivity contribution >= 4 is 0 Å². The van der Waals surface area contributed by atoms with Gasteiger partial charge in [-0.2, -0.15) is 0 Å². The van der Waals surface area contributed by atoms with E-state index in [4.69, 9.17) is 4.74 Å². The molecule has 0 radical (unpaired) electrons. The number of ether oxygens (including phenoxy) is 1. The van der Waals surface area contributed by atoms with Crippen LogP contribution in [-0.2, 0) is 13.2 Å². The first-order valence-corrected chi connectivity index (χ1v) is 8.50. The summed E-state index contributed by atoms with van der Waals surface area (Å²) in [5, 5.41) is 13.4. The van der Waals surface area contributed by atoms with Gasteiger partial charge in [-0.3, -0.25) is 0 Å². The summed E-state index contributed by atoms with van der Waals surface area (Å²) in [6.45, 7) is 1.81. The van der Waals surface area contributed by atoms with Gasteiger partial charge in [0.25, 0.3) is 0 Å². The van der Waals surface area contributed by atoms with Crippen LogP contribution in [0.4, 0.5) is 0 Å². The van der Waals surface area contributed by atoms with Crippen LogP contribution in [0.5, 0.6) is 5.75 Å². The number of hydrogen-bond acceptors (Lipinski definition) is 3. The fourth-order valence-electron chi connectivity index (χ4n) is 2.59. The topological polar surface area (TPSA) is 41.5 Å². The monoisotopic (exact) mass is 333 g/mol. The standard InChI is InChI=1S/C22H23NO2/c24-22(20-9-5-2-6-10-20)16-23-15-18-11-13-21(14-12-18)25-17-19-7-3-1-4-8-19/h1-14,22-24H,15-17H2/t22-/m1/s1. The molecule has 3 nitrogen and oxygen atoms in total. The molecule has 0 saturated heterocycles. The van der Waals surface area contributed by atoms with Crippen molar-refractivity contribution in [1.82, 2.24) is 5.32 Å². The third kappa shape index (κ3) is 5.45. The number of rotatable bonds is 8. The summed E-state index contributed by atoms with van der Waals surface area (Å²) in [5.74, 6) is 0.858. The second kappa shape index (κ2) is 9.02. The third-order valence-electron chi connectivity index (χ3n) is 4.02. The van der Waals surface area contributed by atoms with Gasteiger partial charge in [0, 0.05) is 13.1 Å². The minimum absolute atomic E-state index is 0.491. The van der Waals surface area contributed by atoms with E-state index in [0.29, 0.717) is 19.7 Å². The lowest BCUT2D eigenvalue weighted by molar-refractivity contribution is 0.174. The summed E-state index contributed by atoms with van der Waals surface area (Å²) in [5.41, 5.74) is 3.25. The highest BCUT2D eigenvalue weighted by molar-refractivity contribution is 5.28. The molecule has 0 unspecified atom stereocenters. The van der Waals surface area contributed by atoms with Crippen LogP contribution >= 0.6 is 0 Å². The summed E-state index contributed by atoms with van der Waals surface area (Å²) >= 11 is 0. The second-order valence-corrected chi connectivity index (χ2v) is 5.98. The van der Waals surface area contributed by atoms with Gasteiger partial charge in [-0.05, 0) is 28.8 Å². The summed E-state index contributed by atoms with van der Waals surface area (Å²) < 4.78 is 5.79. The molecular weight excluding hydrogens is 310 g/mol. The number of aliphatic hydroxyl groups is 1. The summed E-state index contributed by atoms with van der Waals surface area (Å²) in [6, 6.07) is 27.9. The lowest BCUT2D eigenvalue weighted by atomic mass is 10.1. The van der Waals surface area contributed by atoms with Crippen LogP contribution in [0.15, 0.2) is 84.9 Å². The third-order valence-corrected chi connectivity index (χ3v) is 4.02. The Kier molecular flexibility index (Phi) is 6.21.